The van der Waals surface area contributed by atoms with Gasteiger partial charge < -0.3 is 15.2 Å². The average Bonchev–Trinajstić information content (AvgIpc) is 3.18. The van der Waals surface area contributed by atoms with Crippen molar-refractivity contribution in [3.8, 4) is 0 Å². The first-order chi connectivity index (χ1) is 17.4. The van der Waals surface area contributed by atoms with Crippen molar-refractivity contribution in [2.24, 2.45) is 29.6 Å². The first-order valence-corrected chi connectivity index (χ1v) is 15.3. The lowest BCUT2D eigenvalue weighted by molar-refractivity contribution is -0.390. The summed E-state index contributed by atoms with van der Waals surface area (Å²) in [6, 6.07) is 5.99. The van der Waals surface area contributed by atoms with Crippen molar-refractivity contribution in [1.82, 2.24) is 5.32 Å². The van der Waals surface area contributed by atoms with Crippen molar-refractivity contribution in [3.05, 3.63) is 29.8 Å². The van der Waals surface area contributed by atoms with E-state index >= 15 is 0 Å². The molecule has 7 rings (SSSR count). The number of aryl methyl sites for hydroxylation is 1. The summed E-state index contributed by atoms with van der Waals surface area (Å²) in [6.07, 6.45) is 10.6. The Bertz CT molecular complexity index is 1010. The molecular weight excluding hydrogens is 494 g/mol. The van der Waals surface area contributed by atoms with Crippen LogP contribution in [-0.2, 0) is 24.6 Å². The van der Waals surface area contributed by atoms with Crippen LogP contribution in [0.3, 0.4) is 0 Å². The smallest absolute Gasteiger partial charge is 0.294 e. The van der Waals surface area contributed by atoms with Crippen molar-refractivity contribution in [1.29, 1.82) is 0 Å². The molecule has 5 saturated carbocycles. The molecule has 3 N–H and O–H groups in total. The molecule has 2 spiro atoms. The monoisotopic (exact) mass is 537 g/mol. The van der Waals surface area contributed by atoms with Gasteiger partial charge in [-0.25, -0.2) is 0 Å². The van der Waals surface area contributed by atoms with Gasteiger partial charge in [0.25, 0.3) is 10.1 Å². The highest BCUT2D eigenvalue weighted by atomic mass is 32.2. The highest BCUT2D eigenvalue weighted by Gasteiger charge is 2.66. The van der Waals surface area contributed by atoms with Gasteiger partial charge in [0.2, 0.25) is 11.6 Å². The maximum absolute atomic E-state index is 10.5. The first-order valence-electron chi connectivity index (χ1n) is 13.9. The number of hydrogen-bond donors (Lipinski definition) is 3. The van der Waals surface area contributed by atoms with E-state index < -0.39 is 27.3 Å². The molecule has 208 valence electrons. The fourth-order valence-corrected chi connectivity index (χ4v) is 7.89. The van der Waals surface area contributed by atoms with Crippen LogP contribution in [0.4, 0.5) is 0 Å². The zero-order valence-electron chi connectivity index (χ0n) is 22.3. The number of rotatable bonds is 5. The van der Waals surface area contributed by atoms with Crippen molar-refractivity contribution >= 4 is 10.1 Å². The van der Waals surface area contributed by atoms with Crippen LogP contribution in [0.25, 0.3) is 0 Å². The van der Waals surface area contributed by atoms with Gasteiger partial charge in [-0.3, -0.25) is 4.55 Å². The molecule has 6 aliphatic rings. The molecular formula is C28H43NO7S. The second kappa shape index (κ2) is 10.2. The molecule has 1 saturated heterocycles. The lowest BCUT2D eigenvalue weighted by Gasteiger charge is -2.57. The molecule has 1 heterocycles. The molecule has 0 unspecified atom stereocenters. The van der Waals surface area contributed by atoms with Gasteiger partial charge in [-0.2, -0.15) is 18.2 Å². The van der Waals surface area contributed by atoms with Crippen LogP contribution in [0.15, 0.2) is 29.2 Å². The summed E-state index contributed by atoms with van der Waals surface area (Å²) in [5, 5.41) is 13.2. The van der Waals surface area contributed by atoms with E-state index in [0.717, 1.165) is 49.6 Å². The maximum atomic E-state index is 10.5. The molecule has 9 heteroatoms. The van der Waals surface area contributed by atoms with E-state index in [1.165, 1.54) is 44.2 Å². The quantitative estimate of drug-likeness (QED) is 0.369. The van der Waals surface area contributed by atoms with E-state index in [-0.39, 0.29) is 4.90 Å². The highest BCUT2D eigenvalue weighted by Crippen LogP contribution is 2.63. The van der Waals surface area contributed by atoms with Crippen molar-refractivity contribution in [2.75, 3.05) is 13.1 Å². The number of hydrogen-bond acceptors (Lipinski definition) is 7. The summed E-state index contributed by atoms with van der Waals surface area (Å²) in [4.78, 5) is 12.0. The molecule has 5 aliphatic carbocycles. The Hall–Kier alpha value is -1.07. The van der Waals surface area contributed by atoms with Crippen LogP contribution in [0.1, 0.15) is 77.2 Å². The molecule has 1 aromatic rings. The zero-order valence-corrected chi connectivity index (χ0v) is 23.1. The van der Waals surface area contributed by atoms with Crippen molar-refractivity contribution < 1.29 is 32.6 Å². The third kappa shape index (κ3) is 6.08. The summed E-state index contributed by atoms with van der Waals surface area (Å²) in [5.74, 6) is 2.61. The lowest BCUT2D eigenvalue weighted by atomic mass is 9.53. The minimum absolute atomic E-state index is 0.0666. The zero-order chi connectivity index (χ0) is 26.5. The van der Waals surface area contributed by atoms with Crippen molar-refractivity contribution in [3.63, 3.8) is 0 Å². The minimum atomic E-state index is -4.02. The molecule has 8 nitrogen and oxygen atoms in total. The van der Waals surface area contributed by atoms with Gasteiger partial charge in [-0.15, -0.1) is 0 Å². The summed E-state index contributed by atoms with van der Waals surface area (Å²) >= 11 is 0. The first kappa shape index (κ1) is 27.5. The Morgan fingerprint density at radius 3 is 2.05 bits per heavy atom. The normalized spacial score (nSPS) is 38.7. The van der Waals surface area contributed by atoms with Gasteiger partial charge in [-0.1, -0.05) is 17.7 Å². The Kier molecular flexibility index (Phi) is 7.55. The molecule has 1 aromatic carbocycles. The Morgan fingerprint density at radius 2 is 1.54 bits per heavy atom. The Balaban J connectivity index is 0.000000215. The van der Waals surface area contributed by atoms with Gasteiger partial charge in [-0.05, 0) is 102 Å². The number of nitrogens with one attached hydrogen (secondary N) is 1. The third-order valence-corrected chi connectivity index (χ3v) is 9.99. The Morgan fingerprint density at radius 1 is 0.973 bits per heavy atom. The fraction of sp³-hybridized carbons (Fsp3) is 0.786. The van der Waals surface area contributed by atoms with Gasteiger partial charge in [0.1, 0.15) is 0 Å². The number of ether oxygens (including phenoxy) is 1. The van der Waals surface area contributed by atoms with Crippen LogP contribution < -0.4 is 5.32 Å². The standard InChI is InChI=1S/C21H35NO4.C7H8O3S/c1-19(2,23)13-22-12-14-3-5-20(6-4-14)24-21(26-25-20)17-8-15-7-16(10-17)11-18(21)9-15;1-6-2-4-7(5-3-6)11(8,9)10/h14-18,22-23H,3-13H2,1-2H3;2-5H,1H3,(H,8,9,10). The highest BCUT2D eigenvalue weighted by molar-refractivity contribution is 7.85. The van der Waals surface area contributed by atoms with E-state index in [9.17, 15) is 13.5 Å². The number of aliphatic hydroxyl groups is 1. The third-order valence-electron chi connectivity index (χ3n) is 9.12. The summed E-state index contributed by atoms with van der Waals surface area (Å²) in [6.45, 7) is 7.13. The van der Waals surface area contributed by atoms with E-state index in [1.807, 2.05) is 20.8 Å². The SMILES string of the molecule is CC(C)(O)CNCC1CCC2(CC1)OOC1(O2)C2CC3CC(C2)CC1C3.Cc1ccc(S(=O)(=O)O)cc1. The van der Waals surface area contributed by atoms with Crippen LogP contribution in [0.5, 0.6) is 0 Å². The van der Waals surface area contributed by atoms with E-state index in [4.69, 9.17) is 19.1 Å². The van der Waals surface area contributed by atoms with Gasteiger partial charge in [0.15, 0.2) is 0 Å². The van der Waals surface area contributed by atoms with Gasteiger partial charge in [0, 0.05) is 31.2 Å². The maximum Gasteiger partial charge on any atom is 0.294 e. The predicted octanol–water partition coefficient (Wildman–Crippen LogP) is 4.61. The van der Waals surface area contributed by atoms with Gasteiger partial charge in [0.05, 0.1) is 10.5 Å². The fourth-order valence-electron chi connectivity index (χ4n) is 7.41. The second-order valence-electron chi connectivity index (χ2n) is 12.9. The van der Waals surface area contributed by atoms with E-state index in [0.29, 0.717) is 24.3 Å². The largest absolute Gasteiger partial charge is 0.389 e. The second-order valence-corrected chi connectivity index (χ2v) is 14.3. The summed E-state index contributed by atoms with van der Waals surface area (Å²) in [7, 11) is -4.02. The molecule has 0 atom stereocenters. The average molecular weight is 538 g/mol. The Labute approximate surface area is 221 Å². The molecule has 37 heavy (non-hydrogen) atoms. The lowest BCUT2D eigenvalue weighted by Crippen LogP contribution is -2.59. The molecule has 1 aliphatic heterocycles. The minimum Gasteiger partial charge on any atom is -0.389 e. The van der Waals surface area contributed by atoms with E-state index in [1.54, 1.807) is 12.1 Å². The molecule has 6 fully saturated rings. The molecule has 0 amide bonds. The van der Waals surface area contributed by atoms with Gasteiger partial charge >= 0.3 is 0 Å². The topological polar surface area (TPSA) is 114 Å². The molecule has 4 bridgehead atoms. The molecule has 0 aromatic heterocycles. The van der Waals surface area contributed by atoms with E-state index in [2.05, 4.69) is 5.32 Å². The predicted molar refractivity (Wildman–Crippen MR) is 138 cm³/mol. The summed E-state index contributed by atoms with van der Waals surface area (Å²) in [5.41, 5.74) is 0.310. The van der Waals surface area contributed by atoms with Crippen LogP contribution in [0.2, 0.25) is 0 Å². The van der Waals surface area contributed by atoms with Crippen LogP contribution in [0, 0.1) is 36.5 Å². The molecule has 0 radical (unpaired) electrons. The van der Waals surface area contributed by atoms with Crippen LogP contribution in [-0.4, -0.2) is 48.3 Å². The van der Waals surface area contributed by atoms with Crippen LogP contribution >= 0.6 is 0 Å². The van der Waals surface area contributed by atoms with Crippen molar-refractivity contribution in [2.45, 2.75) is 101 Å². The number of benzene rings is 1. The summed E-state index contributed by atoms with van der Waals surface area (Å²) < 4.78 is 36.3.